The highest BCUT2D eigenvalue weighted by Gasteiger charge is 2.28. The summed E-state index contributed by atoms with van der Waals surface area (Å²) in [5.74, 6) is 0.832. The lowest BCUT2D eigenvalue weighted by molar-refractivity contribution is 0.201. The third-order valence-electron chi connectivity index (χ3n) is 4.13. The number of amides is 2. The fraction of sp³-hybridized carbons (Fsp3) is 0.533. The van der Waals surface area contributed by atoms with Crippen LogP contribution in [0.5, 0.6) is 0 Å². The molecule has 0 aromatic heterocycles. The van der Waals surface area contributed by atoms with Crippen LogP contribution in [-0.2, 0) is 0 Å². The molecular formula is C15H21FN2O. The Labute approximate surface area is 113 Å². The molecule has 0 radical (unpaired) electrons. The molecule has 0 bridgehead atoms. The van der Waals surface area contributed by atoms with E-state index in [1.54, 1.807) is 12.1 Å². The molecule has 0 spiro atoms. The third kappa shape index (κ3) is 3.69. The Hall–Kier alpha value is -1.58. The van der Waals surface area contributed by atoms with Gasteiger partial charge in [-0.1, -0.05) is 26.7 Å². The highest BCUT2D eigenvalue weighted by molar-refractivity contribution is 5.89. The second kappa shape index (κ2) is 6.04. The molecule has 2 amide bonds. The van der Waals surface area contributed by atoms with Crippen LogP contribution in [0.2, 0.25) is 0 Å². The maximum Gasteiger partial charge on any atom is 0.319 e. The van der Waals surface area contributed by atoms with Crippen molar-refractivity contribution >= 4 is 11.7 Å². The Morgan fingerprint density at radius 2 is 1.89 bits per heavy atom. The number of benzene rings is 1. The highest BCUT2D eigenvalue weighted by Crippen LogP contribution is 2.29. The lowest BCUT2D eigenvalue weighted by atomic mass is 9.78. The normalized spacial score (nSPS) is 26.8. The van der Waals surface area contributed by atoms with Gasteiger partial charge in [-0.2, -0.15) is 0 Å². The van der Waals surface area contributed by atoms with Crippen LogP contribution in [0.15, 0.2) is 24.3 Å². The van der Waals surface area contributed by atoms with Crippen LogP contribution >= 0.6 is 0 Å². The van der Waals surface area contributed by atoms with Crippen LogP contribution < -0.4 is 10.6 Å². The van der Waals surface area contributed by atoms with Gasteiger partial charge in [0.1, 0.15) is 5.82 Å². The molecule has 1 aromatic rings. The topological polar surface area (TPSA) is 41.1 Å². The largest absolute Gasteiger partial charge is 0.335 e. The standard InChI is InChI=1S/C15H21FN2O/c1-10-4-3-5-14(11(10)2)18-15(19)17-13-8-6-12(16)7-9-13/h6-11,14H,3-5H2,1-2H3,(H2,17,18,19). The monoisotopic (exact) mass is 264 g/mol. The Bertz CT molecular complexity index is 432. The summed E-state index contributed by atoms with van der Waals surface area (Å²) in [7, 11) is 0. The van der Waals surface area contributed by atoms with Crippen molar-refractivity contribution in [1.82, 2.24) is 5.32 Å². The SMILES string of the molecule is CC1CCCC(NC(=O)Nc2ccc(F)cc2)C1C. The second-order valence-electron chi connectivity index (χ2n) is 5.48. The average molecular weight is 264 g/mol. The first-order valence-corrected chi connectivity index (χ1v) is 6.89. The minimum absolute atomic E-state index is 0.211. The molecule has 19 heavy (non-hydrogen) atoms. The van der Waals surface area contributed by atoms with Gasteiger partial charge in [-0.05, 0) is 42.5 Å². The molecule has 2 rings (SSSR count). The molecule has 3 unspecified atom stereocenters. The molecule has 104 valence electrons. The van der Waals surface area contributed by atoms with E-state index in [1.807, 2.05) is 0 Å². The maximum atomic E-state index is 12.8. The van der Waals surface area contributed by atoms with E-state index < -0.39 is 0 Å². The van der Waals surface area contributed by atoms with Gasteiger partial charge >= 0.3 is 6.03 Å². The summed E-state index contributed by atoms with van der Waals surface area (Å²) in [5, 5.41) is 5.75. The van der Waals surface area contributed by atoms with E-state index in [0.717, 1.165) is 12.8 Å². The Balaban J connectivity index is 1.88. The van der Waals surface area contributed by atoms with Gasteiger partial charge in [-0.25, -0.2) is 9.18 Å². The van der Waals surface area contributed by atoms with E-state index in [2.05, 4.69) is 24.5 Å². The summed E-state index contributed by atoms with van der Waals surface area (Å²) < 4.78 is 12.8. The number of urea groups is 1. The van der Waals surface area contributed by atoms with Gasteiger partial charge in [-0.15, -0.1) is 0 Å². The van der Waals surface area contributed by atoms with Crippen LogP contribution in [0.3, 0.4) is 0 Å². The molecule has 1 fully saturated rings. The second-order valence-corrected chi connectivity index (χ2v) is 5.48. The summed E-state index contributed by atoms with van der Waals surface area (Å²) in [6.45, 7) is 4.42. The van der Waals surface area contributed by atoms with Gasteiger partial charge in [0.2, 0.25) is 0 Å². The summed E-state index contributed by atoms with van der Waals surface area (Å²) >= 11 is 0. The van der Waals surface area contributed by atoms with Gasteiger partial charge in [0.05, 0.1) is 0 Å². The molecule has 0 heterocycles. The zero-order valence-corrected chi connectivity index (χ0v) is 11.4. The van der Waals surface area contributed by atoms with Crippen LogP contribution in [0.25, 0.3) is 0 Å². The van der Waals surface area contributed by atoms with Gasteiger partial charge in [0.25, 0.3) is 0 Å². The first-order valence-electron chi connectivity index (χ1n) is 6.89. The van der Waals surface area contributed by atoms with Crippen molar-refractivity contribution in [2.24, 2.45) is 11.8 Å². The van der Waals surface area contributed by atoms with Crippen molar-refractivity contribution in [1.29, 1.82) is 0 Å². The van der Waals surface area contributed by atoms with Crippen molar-refractivity contribution in [3.05, 3.63) is 30.1 Å². The zero-order chi connectivity index (χ0) is 13.8. The Kier molecular flexibility index (Phi) is 4.40. The van der Waals surface area contributed by atoms with Crippen molar-refractivity contribution in [3.8, 4) is 0 Å². The number of anilines is 1. The average Bonchev–Trinajstić information content (AvgIpc) is 2.38. The maximum absolute atomic E-state index is 12.8. The molecule has 3 nitrogen and oxygen atoms in total. The number of nitrogens with one attached hydrogen (secondary N) is 2. The minimum Gasteiger partial charge on any atom is -0.335 e. The predicted octanol–water partition coefficient (Wildman–Crippen LogP) is 3.77. The fourth-order valence-corrected chi connectivity index (χ4v) is 2.65. The first kappa shape index (κ1) is 13.8. The number of rotatable bonds is 2. The summed E-state index contributed by atoms with van der Waals surface area (Å²) in [6, 6.07) is 5.80. The van der Waals surface area contributed by atoms with E-state index in [0.29, 0.717) is 17.5 Å². The van der Waals surface area contributed by atoms with Gasteiger partial charge in [0.15, 0.2) is 0 Å². The molecule has 1 aliphatic rings. The molecule has 1 aromatic carbocycles. The highest BCUT2D eigenvalue weighted by atomic mass is 19.1. The first-order chi connectivity index (χ1) is 9.06. The minimum atomic E-state index is -0.305. The number of carbonyl (C=O) groups is 1. The lowest BCUT2D eigenvalue weighted by Gasteiger charge is -2.34. The smallest absolute Gasteiger partial charge is 0.319 e. The van der Waals surface area contributed by atoms with E-state index in [-0.39, 0.29) is 17.9 Å². The number of halogens is 1. The number of hydrogen-bond acceptors (Lipinski definition) is 1. The zero-order valence-electron chi connectivity index (χ0n) is 11.4. The molecule has 3 atom stereocenters. The molecule has 2 N–H and O–H groups in total. The van der Waals surface area contributed by atoms with Gasteiger partial charge in [0, 0.05) is 11.7 Å². The van der Waals surface area contributed by atoms with E-state index >= 15 is 0 Å². The van der Waals surface area contributed by atoms with Crippen LogP contribution in [0.4, 0.5) is 14.9 Å². The predicted molar refractivity (Wildman–Crippen MR) is 74.5 cm³/mol. The van der Waals surface area contributed by atoms with E-state index in [4.69, 9.17) is 0 Å². The van der Waals surface area contributed by atoms with Crippen LogP contribution in [0, 0.1) is 17.7 Å². The molecule has 0 aliphatic heterocycles. The lowest BCUT2D eigenvalue weighted by Crippen LogP contribution is -2.45. The summed E-state index contributed by atoms with van der Waals surface area (Å²) in [5.41, 5.74) is 0.607. The number of carbonyl (C=O) groups excluding carboxylic acids is 1. The molecular weight excluding hydrogens is 243 g/mol. The quantitative estimate of drug-likeness (QED) is 0.838. The molecule has 1 saturated carbocycles. The van der Waals surface area contributed by atoms with E-state index in [9.17, 15) is 9.18 Å². The van der Waals surface area contributed by atoms with Crippen LogP contribution in [0.1, 0.15) is 33.1 Å². The Morgan fingerprint density at radius 3 is 2.58 bits per heavy atom. The summed E-state index contributed by atoms with van der Waals surface area (Å²) in [4.78, 5) is 11.9. The number of hydrogen-bond donors (Lipinski definition) is 2. The van der Waals surface area contributed by atoms with Crippen molar-refractivity contribution in [2.75, 3.05) is 5.32 Å². The molecule has 0 saturated heterocycles. The van der Waals surface area contributed by atoms with E-state index in [1.165, 1.54) is 18.6 Å². The molecule has 1 aliphatic carbocycles. The van der Waals surface area contributed by atoms with Crippen LogP contribution in [-0.4, -0.2) is 12.1 Å². The summed E-state index contributed by atoms with van der Waals surface area (Å²) in [6.07, 6.45) is 3.42. The van der Waals surface area contributed by atoms with Crippen molar-refractivity contribution in [2.45, 2.75) is 39.2 Å². The van der Waals surface area contributed by atoms with Crippen molar-refractivity contribution in [3.63, 3.8) is 0 Å². The fourth-order valence-electron chi connectivity index (χ4n) is 2.65. The third-order valence-corrected chi connectivity index (χ3v) is 4.13. The van der Waals surface area contributed by atoms with Gasteiger partial charge in [-0.3, -0.25) is 0 Å². The van der Waals surface area contributed by atoms with Gasteiger partial charge < -0.3 is 10.6 Å². The molecule has 4 heteroatoms. The van der Waals surface area contributed by atoms with Crippen molar-refractivity contribution < 1.29 is 9.18 Å². The Morgan fingerprint density at radius 1 is 1.21 bits per heavy atom.